The molecule has 3 rings (SSSR count). The Hall–Kier alpha value is -2.17. The minimum atomic E-state index is -0.570. The molecular weight excluding hydrogens is 527 g/mol. The van der Waals surface area contributed by atoms with Crippen LogP contribution in [0.25, 0.3) is 6.08 Å². The molecule has 1 heterocycles. The zero-order valence-corrected chi connectivity index (χ0v) is 19.4. The highest BCUT2D eigenvalue weighted by molar-refractivity contribution is 14.1. The molecule has 1 aliphatic rings. The van der Waals surface area contributed by atoms with Crippen LogP contribution >= 0.6 is 46.4 Å². The molecule has 0 aromatic heterocycles. The number of hydrogen-bond acceptors (Lipinski definition) is 5. The zero-order valence-electron chi connectivity index (χ0n) is 15.7. The Kier molecular flexibility index (Phi) is 6.45. The summed E-state index contributed by atoms with van der Waals surface area (Å²) in [6.45, 7) is 1.86. The number of nitrogens with one attached hydrogen (secondary N) is 1. The van der Waals surface area contributed by atoms with E-state index in [9.17, 15) is 9.59 Å². The molecular formula is C20H16ClIN2O4S. The number of amides is 2. The third-order valence-corrected chi connectivity index (χ3v) is 5.78. The Balaban J connectivity index is 2.06. The van der Waals surface area contributed by atoms with Crippen molar-refractivity contribution in [3.63, 3.8) is 0 Å². The summed E-state index contributed by atoms with van der Waals surface area (Å²) >= 11 is 13.5. The van der Waals surface area contributed by atoms with Gasteiger partial charge in [-0.25, -0.2) is 0 Å². The molecule has 0 aliphatic carbocycles. The molecule has 9 heteroatoms. The number of nitrogens with zero attached hydrogens (tertiary/aromatic N) is 1. The molecule has 1 N–H and O–H groups in total. The standard InChI is InChI=1S/C20H16ClIN2O4S/c1-10-4-5-12(9-14(10)21)24-19(26)13(18(25)23-20(24)29)6-11-7-15(22)17(28-3)16(8-11)27-2/h4-9H,1-3H3,(H,23,25,29)/b13-6+. The SMILES string of the molecule is COc1cc(/C=C2\C(=O)NC(=S)N(c3ccc(C)c(Cl)c3)C2=O)cc(I)c1OC. The van der Waals surface area contributed by atoms with E-state index < -0.39 is 11.8 Å². The number of thiocarbonyl (C=S) groups is 1. The average Bonchev–Trinajstić information content (AvgIpc) is 2.67. The molecule has 2 aromatic carbocycles. The minimum Gasteiger partial charge on any atom is -0.493 e. The molecule has 1 aliphatic heterocycles. The summed E-state index contributed by atoms with van der Waals surface area (Å²) in [5.41, 5.74) is 1.90. The van der Waals surface area contributed by atoms with Gasteiger partial charge in [-0.05, 0) is 83.2 Å². The normalized spacial score (nSPS) is 15.6. The quantitative estimate of drug-likeness (QED) is 0.273. The first kappa shape index (κ1) is 21.5. The summed E-state index contributed by atoms with van der Waals surface area (Å²) in [5.74, 6) is -0.0397. The molecule has 150 valence electrons. The van der Waals surface area contributed by atoms with E-state index in [0.29, 0.717) is 27.8 Å². The number of benzene rings is 2. The van der Waals surface area contributed by atoms with Crippen LogP contribution in [0.3, 0.4) is 0 Å². The Morgan fingerprint density at radius 3 is 2.52 bits per heavy atom. The molecule has 0 spiro atoms. The predicted molar refractivity (Wildman–Crippen MR) is 125 cm³/mol. The Labute approximate surface area is 191 Å². The van der Waals surface area contributed by atoms with Gasteiger partial charge in [-0.2, -0.15) is 0 Å². The van der Waals surface area contributed by atoms with Gasteiger partial charge in [0.25, 0.3) is 11.8 Å². The van der Waals surface area contributed by atoms with Crippen molar-refractivity contribution >= 4 is 75.1 Å². The van der Waals surface area contributed by atoms with Gasteiger partial charge in [0.2, 0.25) is 0 Å². The molecule has 2 amide bonds. The van der Waals surface area contributed by atoms with Gasteiger partial charge in [0, 0.05) is 5.02 Å². The summed E-state index contributed by atoms with van der Waals surface area (Å²) in [7, 11) is 3.06. The molecule has 29 heavy (non-hydrogen) atoms. The van der Waals surface area contributed by atoms with Gasteiger partial charge >= 0.3 is 0 Å². The van der Waals surface area contributed by atoms with Gasteiger partial charge in [-0.1, -0.05) is 17.7 Å². The van der Waals surface area contributed by atoms with Crippen LogP contribution in [0.15, 0.2) is 35.9 Å². The fraction of sp³-hybridized carbons (Fsp3) is 0.150. The second-order valence-electron chi connectivity index (χ2n) is 6.13. The minimum absolute atomic E-state index is 0.000961. The van der Waals surface area contributed by atoms with Crippen molar-refractivity contribution in [2.75, 3.05) is 19.1 Å². The van der Waals surface area contributed by atoms with E-state index in [4.69, 9.17) is 33.3 Å². The highest BCUT2D eigenvalue weighted by Gasteiger charge is 2.34. The largest absolute Gasteiger partial charge is 0.493 e. The summed E-state index contributed by atoms with van der Waals surface area (Å²) in [6.07, 6.45) is 1.49. The lowest BCUT2D eigenvalue weighted by Crippen LogP contribution is -2.54. The van der Waals surface area contributed by atoms with Crippen LogP contribution in [-0.4, -0.2) is 31.1 Å². The number of carbonyl (C=O) groups is 2. The van der Waals surface area contributed by atoms with E-state index in [-0.39, 0.29) is 10.7 Å². The van der Waals surface area contributed by atoms with Crippen molar-refractivity contribution < 1.29 is 19.1 Å². The number of carbonyl (C=O) groups excluding carboxylic acids is 2. The molecule has 0 unspecified atom stereocenters. The van der Waals surface area contributed by atoms with Crippen LogP contribution in [0.5, 0.6) is 11.5 Å². The van der Waals surface area contributed by atoms with Gasteiger partial charge in [-0.3, -0.25) is 19.8 Å². The van der Waals surface area contributed by atoms with E-state index in [1.54, 1.807) is 37.4 Å². The van der Waals surface area contributed by atoms with Gasteiger partial charge < -0.3 is 9.47 Å². The van der Waals surface area contributed by atoms with Gasteiger partial charge in [0.05, 0.1) is 23.5 Å². The number of rotatable bonds is 4. The lowest BCUT2D eigenvalue weighted by atomic mass is 10.1. The molecule has 0 bridgehead atoms. The molecule has 0 radical (unpaired) electrons. The molecule has 2 aromatic rings. The average molecular weight is 543 g/mol. The highest BCUT2D eigenvalue weighted by Crippen LogP contribution is 2.34. The monoisotopic (exact) mass is 542 g/mol. The smallest absolute Gasteiger partial charge is 0.270 e. The van der Waals surface area contributed by atoms with Crippen LogP contribution in [0, 0.1) is 10.5 Å². The number of anilines is 1. The maximum absolute atomic E-state index is 13.1. The molecule has 0 atom stereocenters. The fourth-order valence-electron chi connectivity index (χ4n) is 2.80. The lowest BCUT2D eigenvalue weighted by molar-refractivity contribution is -0.122. The van der Waals surface area contributed by atoms with Crippen molar-refractivity contribution in [2.45, 2.75) is 6.92 Å². The Morgan fingerprint density at radius 1 is 1.17 bits per heavy atom. The van der Waals surface area contributed by atoms with Gasteiger partial charge in [0.1, 0.15) is 5.57 Å². The summed E-state index contributed by atoms with van der Waals surface area (Å²) < 4.78 is 11.4. The zero-order chi connectivity index (χ0) is 21.3. The maximum atomic E-state index is 13.1. The maximum Gasteiger partial charge on any atom is 0.270 e. The van der Waals surface area contributed by atoms with Crippen LogP contribution in [-0.2, 0) is 9.59 Å². The summed E-state index contributed by atoms with van der Waals surface area (Å²) in [6, 6.07) is 8.61. The third-order valence-electron chi connectivity index (χ3n) is 4.28. The van der Waals surface area contributed by atoms with Crippen LogP contribution in [0.4, 0.5) is 5.69 Å². The van der Waals surface area contributed by atoms with Crippen molar-refractivity contribution in [3.8, 4) is 11.5 Å². The van der Waals surface area contributed by atoms with E-state index in [2.05, 4.69) is 27.9 Å². The second kappa shape index (κ2) is 8.68. The van der Waals surface area contributed by atoms with E-state index in [0.717, 1.165) is 9.13 Å². The summed E-state index contributed by atoms with van der Waals surface area (Å²) in [5, 5.41) is 3.05. The lowest BCUT2D eigenvalue weighted by Gasteiger charge is -2.29. The second-order valence-corrected chi connectivity index (χ2v) is 8.09. The van der Waals surface area contributed by atoms with Crippen LogP contribution in [0.1, 0.15) is 11.1 Å². The fourth-order valence-corrected chi connectivity index (χ4v) is 4.10. The van der Waals surface area contributed by atoms with Gasteiger partial charge in [0.15, 0.2) is 16.6 Å². The first-order valence-electron chi connectivity index (χ1n) is 8.36. The van der Waals surface area contributed by atoms with Crippen molar-refractivity contribution in [1.29, 1.82) is 0 Å². The predicted octanol–water partition coefficient (Wildman–Crippen LogP) is 4.10. The van der Waals surface area contributed by atoms with Crippen molar-refractivity contribution in [1.82, 2.24) is 5.32 Å². The number of aryl methyl sites for hydroxylation is 1. The number of hydrogen-bond donors (Lipinski definition) is 1. The van der Waals surface area contributed by atoms with E-state index in [1.807, 2.05) is 6.92 Å². The van der Waals surface area contributed by atoms with Crippen LogP contribution < -0.4 is 19.7 Å². The molecule has 1 fully saturated rings. The Bertz CT molecular complexity index is 1070. The van der Waals surface area contributed by atoms with Crippen molar-refractivity contribution in [2.24, 2.45) is 0 Å². The Morgan fingerprint density at radius 2 is 1.90 bits per heavy atom. The number of methoxy groups -OCH3 is 2. The first-order valence-corrected chi connectivity index (χ1v) is 10.2. The number of halogens is 2. The number of ether oxygens (including phenoxy) is 2. The molecule has 0 saturated carbocycles. The summed E-state index contributed by atoms with van der Waals surface area (Å²) in [4.78, 5) is 26.8. The van der Waals surface area contributed by atoms with Crippen LogP contribution in [0.2, 0.25) is 5.02 Å². The van der Waals surface area contributed by atoms with Gasteiger partial charge in [-0.15, -0.1) is 0 Å². The van der Waals surface area contributed by atoms with Crippen molar-refractivity contribution in [3.05, 3.63) is 55.6 Å². The highest BCUT2D eigenvalue weighted by atomic mass is 127. The van der Waals surface area contributed by atoms with E-state index >= 15 is 0 Å². The third kappa shape index (κ3) is 4.24. The molecule has 1 saturated heterocycles. The van der Waals surface area contributed by atoms with E-state index in [1.165, 1.54) is 18.1 Å². The molecule has 6 nitrogen and oxygen atoms in total. The first-order chi connectivity index (χ1) is 13.8. The topological polar surface area (TPSA) is 67.9 Å².